The molecule has 2 heterocycles. The zero-order valence-corrected chi connectivity index (χ0v) is 12.6. The lowest BCUT2D eigenvalue weighted by atomic mass is 10.1. The Labute approximate surface area is 136 Å². The zero-order chi connectivity index (χ0) is 17.1. The van der Waals surface area contributed by atoms with Gasteiger partial charge in [-0.3, -0.25) is 14.3 Å². The number of aliphatic hydroxyl groups excluding tert-OH is 1. The van der Waals surface area contributed by atoms with Crippen molar-refractivity contribution in [2.24, 2.45) is 0 Å². The Morgan fingerprint density at radius 1 is 1.29 bits per heavy atom. The molecule has 0 spiro atoms. The van der Waals surface area contributed by atoms with Crippen molar-refractivity contribution in [3.8, 4) is 0 Å². The van der Waals surface area contributed by atoms with Crippen molar-refractivity contribution < 1.29 is 19.4 Å². The highest BCUT2D eigenvalue weighted by Crippen LogP contribution is 2.30. The van der Waals surface area contributed by atoms with E-state index in [0.29, 0.717) is 5.56 Å². The van der Waals surface area contributed by atoms with Gasteiger partial charge < -0.3 is 14.6 Å². The first kappa shape index (κ1) is 16.2. The number of carbonyl (C=O) groups is 1. The van der Waals surface area contributed by atoms with Crippen molar-refractivity contribution in [3.05, 3.63) is 69.0 Å². The van der Waals surface area contributed by atoms with Gasteiger partial charge in [-0.25, -0.2) is 9.59 Å². The lowest BCUT2D eigenvalue weighted by molar-refractivity contribution is -0.0521. The smallest absolute Gasteiger partial charge is 0.338 e. The first-order chi connectivity index (χ1) is 11.6. The lowest BCUT2D eigenvalue weighted by Crippen LogP contribution is -2.31. The van der Waals surface area contributed by atoms with Crippen LogP contribution in [0.5, 0.6) is 0 Å². The van der Waals surface area contributed by atoms with E-state index < -0.39 is 35.7 Å². The van der Waals surface area contributed by atoms with Crippen LogP contribution in [0.2, 0.25) is 0 Å². The Morgan fingerprint density at radius 3 is 2.71 bits per heavy atom. The molecule has 0 aliphatic carbocycles. The minimum Gasteiger partial charge on any atom is -0.456 e. The van der Waals surface area contributed by atoms with Gasteiger partial charge >= 0.3 is 11.7 Å². The number of carbonyl (C=O) groups excluding carboxylic acids is 1. The summed E-state index contributed by atoms with van der Waals surface area (Å²) in [5, 5.41) is 9.44. The number of nitrogens with one attached hydrogen (secondary N) is 1. The Bertz CT molecular complexity index is 828. The zero-order valence-electron chi connectivity index (χ0n) is 12.6. The molecule has 126 valence electrons. The molecule has 1 aliphatic rings. The second-order valence-electron chi connectivity index (χ2n) is 5.37. The standard InChI is InChI=1S/C16H16N2O6/c19-9-12-11(24-15(21)10-4-2-1-3-5-10)8-14(23-12)18-7-6-13(20)17-16(18)22/h1-7,11-12,14,19H,8-9H2,(H,17,20,22)/t11-,12+,14+/m0/s1. The number of hydrogen-bond donors (Lipinski definition) is 2. The van der Waals surface area contributed by atoms with E-state index >= 15 is 0 Å². The van der Waals surface area contributed by atoms with Crippen LogP contribution >= 0.6 is 0 Å². The second kappa shape index (κ2) is 6.81. The quantitative estimate of drug-likeness (QED) is 0.765. The molecule has 0 bridgehead atoms. The molecular weight excluding hydrogens is 316 g/mol. The van der Waals surface area contributed by atoms with Crippen LogP contribution in [-0.2, 0) is 9.47 Å². The summed E-state index contributed by atoms with van der Waals surface area (Å²) in [5.74, 6) is -0.530. The predicted octanol–water partition coefficient (Wildman–Crippen LogP) is 0.0420. The molecule has 0 radical (unpaired) electrons. The molecule has 2 aromatic rings. The highest BCUT2D eigenvalue weighted by Gasteiger charge is 2.39. The lowest BCUT2D eigenvalue weighted by Gasteiger charge is -2.16. The van der Waals surface area contributed by atoms with Gasteiger partial charge in [0.2, 0.25) is 0 Å². The Hall–Kier alpha value is -2.71. The summed E-state index contributed by atoms with van der Waals surface area (Å²) in [6.07, 6.45) is -0.690. The van der Waals surface area contributed by atoms with Crippen LogP contribution in [0.25, 0.3) is 0 Å². The van der Waals surface area contributed by atoms with E-state index in [1.54, 1.807) is 30.3 Å². The molecule has 1 aromatic heterocycles. The average Bonchev–Trinajstić information content (AvgIpc) is 2.98. The summed E-state index contributed by atoms with van der Waals surface area (Å²) in [5.41, 5.74) is -0.752. The molecule has 8 heteroatoms. The highest BCUT2D eigenvalue weighted by atomic mass is 16.6. The van der Waals surface area contributed by atoms with Gasteiger partial charge in [0.15, 0.2) is 0 Å². The number of nitrogens with zero attached hydrogens (tertiary/aromatic N) is 1. The van der Waals surface area contributed by atoms with Gasteiger partial charge in [-0.15, -0.1) is 0 Å². The molecule has 0 amide bonds. The average molecular weight is 332 g/mol. The number of aromatic amines is 1. The number of benzene rings is 1. The highest BCUT2D eigenvalue weighted by molar-refractivity contribution is 5.89. The van der Waals surface area contributed by atoms with Crippen LogP contribution in [-0.4, -0.2) is 39.4 Å². The van der Waals surface area contributed by atoms with Gasteiger partial charge in [0.25, 0.3) is 5.56 Å². The van der Waals surface area contributed by atoms with Gasteiger partial charge in [-0.1, -0.05) is 18.2 Å². The maximum atomic E-state index is 12.1. The van der Waals surface area contributed by atoms with E-state index in [1.807, 2.05) is 0 Å². The molecule has 1 saturated heterocycles. The molecule has 8 nitrogen and oxygen atoms in total. The fourth-order valence-electron chi connectivity index (χ4n) is 2.59. The predicted molar refractivity (Wildman–Crippen MR) is 82.6 cm³/mol. The van der Waals surface area contributed by atoms with E-state index in [2.05, 4.69) is 4.98 Å². The number of H-pyrrole nitrogens is 1. The topological polar surface area (TPSA) is 111 Å². The van der Waals surface area contributed by atoms with Gasteiger partial charge in [-0.2, -0.15) is 0 Å². The molecular formula is C16H16N2O6. The molecule has 24 heavy (non-hydrogen) atoms. The third-order valence-corrected chi connectivity index (χ3v) is 3.79. The second-order valence-corrected chi connectivity index (χ2v) is 5.37. The summed E-state index contributed by atoms with van der Waals surface area (Å²) >= 11 is 0. The van der Waals surface area contributed by atoms with Crippen LogP contribution in [0.3, 0.4) is 0 Å². The van der Waals surface area contributed by atoms with Crippen LogP contribution in [0.15, 0.2) is 52.2 Å². The molecule has 1 aromatic carbocycles. The normalized spacial score (nSPS) is 23.1. The maximum Gasteiger partial charge on any atom is 0.338 e. The van der Waals surface area contributed by atoms with Crippen LogP contribution < -0.4 is 11.2 Å². The Morgan fingerprint density at radius 2 is 2.04 bits per heavy atom. The number of esters is 1. The summed E-state index contributed by atoms with van der Waals surface area (Å²) in [4.78, 5) is 37.2. The summed E-state index contributed by atoms with van der Waals surface area (Å²) in [6.45, 7) is -0.360. The van der Waals surface area contributed by atoms with E-state index in [1.165, 1.54) is 16.8 Å². The first-order valence-corrected chi connectivity index (χ1v) is 7.42. The van der Waals surface area contributed by atoms with Crippen molar-refractivity contribution in [2.45, 2.75) is 24.9 Å². The van der Waals surface area contributed by atoms with E-state index in [4.69, 9.17) is 9.47 Å². The molecule has 1 fully saturated rings. The monoisotopic (exact) mass is 332 g/mol. The van der Waals surface area contributed by atoms with Crippen molar-refractivity contribution in [1.82, 2.24) is 9.55 Å². The molecule has 2 N–H and O–H groups in total. The third-order valence-electron chi connectivity index (χ3n) is 3.79. The molecule has 3 atom stereocenters. The van der Waals surface area contributed by atoms with Crippen LogP contribution in [0.4, 0.5) is 0 Å². The minimum absolute atomic E-state index is 0.190. The van der Waals surface area contributed by atoms with Gasteiger partial charge in [0.05, 0.1) is 12.2 Å². The summed E-state index contributed by atoms with van der Waals surface area (Å²) < 4.78 is 12.2. The van der Waals surface area contributed by atoms with Crippen LogP contribution in [0.1, 0.15) is 23.0 Å². The van der Waals surface area contributed by atoms with E-state index in [0.717, 1.165) is 0 Å². The number of hydrogen-bond acceptors (Lipinski definition) is 6. The van der Waals surface area contributed by atoms with Crippen LogP contribution in [0, 0.1) is 0 Å². The number of aliphatic hydroxyl groups is 1. The van der Waals surface area contributed by atoms with Crippen molar-refractivity contribution in [2.75, 3.05) is 6.61 Å². The number of aromatic nitrogens is 2. The third kappa shape index (κ3) is 3.29. The molecule has 3 rings (SSSR count). The molecule has 0 saturated carbocycles. The first-order valence-electron chi connectivity index (χ1n) is 7.42. The van der Waals surface area contributed by atoms with Gasteiger partial charge in [-0.05, 0) is 12.1 Å². The van der Waals surface area contributed by atoms with Crippen molar-refractivity contribution >= 4 is 5.97 Å². The fourth-order valence-corrected chi connectivity index (χ4v) is 2.59. The SMILES string of the molecule is O=C(O[C@H]1C[C@H](n2ccc(=O)[nH]c2=O)O[C@@H]1CO)c1ccccc1. The molecule has 1 aliphatic heterocycles. The van der Waals surface area contributed by atoms with E-state index in [-0.39, 0.29) is 13.0 Å². The van der Waals surface area contributed by atoms with Crippen molar-refractivity contribution in [1.29, 1.82) is 0 Å². The van der Waals surface area contributed by atoms with Gasteiger partial charge in [0.1, 0.15) is 18.4 Å². The molecule has 0 unspecified atom stereocenters. The number of ether oxygens (including phenoxy) is 2. The summed E-state index contributed by atoms with van der Waals surface area (Å²) in [7, 11) is 0. The Balaban J connectivity index is 1.76. The fraction of sp³-hybridized carbons (Fsp3) is 0.312. The maximum absolute atomic E-state index is 12.1. The number of rotatable bonds is 4. The summed E-state index contributed by atoms with van der Waals surface area (Å²) in [6, 6.07) is 9.65. The van der Waals surface area contributed by atoms with Gasteiger partial charge in [0, 0.05) is 18.7 Å². The minimum atomic E-state index is -0.749. The van der Waals surface area contributed by atoms with E-state index in [9.17, 15) is 19.5 Å². The largest absolute Gasteiger partial charge is 0.456 e. The van der Waals surface area contributed by atoms with Crippen molar-refractivity contribution in [3.63, 3.8) is 0 Å². The Kier molecular flexibility index (Phi) is 4.59.